The van der Waals surface area contributed by atoms with Gasteiger partial charge in [-0.25, -0.2) is 28.1 Å². The van der Waals surface area contributed by atoms with Crippen LogP contribution in [0.3, 0.4) is 0 Å². The highest BCUT2D eigenvalue weighted by Crippen LogP contribution is 2.35. The predicted molar refractivity (Wildman–Crippen MR) is 147 cm³/mol. The predicted octanol–water partition coefficient (Wildman–Crippen LogP) is 5.45. The van der Waals surface area contributed by atoms with Gasteiger partial charge in [0.2, 0.25) is 0 Å². The Bertz CT molecular complexity index is 1360. The number of piperidine rings is 1. The maximum absolute atomic E-state index is 14.8. The van der Waals surface area contributed by atoms with E-state index in [-0.39, 0.29) is 5.56 Å². The Kier molecular flexibility index (Phi) is 7.66. The number of likely N-dealkylation sites (tertiary alicyclic amines) is 2. The second-order valence-electron chi connectivity index (χ2n) is 10.8. The molecule has 2 N–H and O–H groups in total. The van der Waals surface area contributed by atoms with E-state index in [9.17, 15) is 13.2 Å². The molecule has 0 amide bonds. The number of hydrogen-bond acceptors (Lipinski definition) is 7. The van der Waals surface area contributed by atoms with Gasteiger partial charge in [-0.2, -0.15) is 0 Å². The molecule has 2 saturated heterocycles. The number of alkyl halides is 2. The van der Waals surface area contributed by atoms with Gasteiger partial charge in [0.15, 0.2) is 5.65 Å². The number of rotatable bonds is 8. The molecule has 1 atom stereocenters. The molecule has 0 radical (unpaired) electrons. The molecule has 0 unspecified atom stereocenters. The highest BCUT2D eigenvalue weighted by atomic mass is 19.3. The Morgan fingerprint density at radius 1 is 1.08 bits per heavy atom. The summed E-state index contributed by atoms with van der Waals surface area (Å²) in [6.07, 6.45) is -0.943. The third-order valence-corrected chi connectivity index (χ3v) is 7.89. The third-order valence-electron chi connectivity index (χ3n) is 7.89. The van der Waals surface area contributed by atoms with Crippen LogP contribution in [0.4, 0.5) is 19.0 Å². The summed E-state index contributed by atoms with van der Waals surface area (Å²) in [5.74, 6) is 1.46. The molecule has 3 aromatic rings. The van der Waals surface area contributed by atoms with E-state index in [2.05, 4.69) is 50.1 Å². The topological polar surface area (TPSA) is 69.2 Å². The van der Waals surface area contributed by atoms with Gasteiger partial charge in [-0.15, -0.1) is 0 Å². The average Bonchev–Trinajstić information content (AvgIpc) is 2.87. The molecule has 7 nitrogen and oxygen atoms in total. The van der Waals surface area contributed by atoms with Crippen LogP contribution in [-0.2, 0) is 0 Å². The number of aryl methyl sites for hydroxylation is 2. The summed E-state index contributed by atoms with van der Waals surface area (Å²) in [7, 11) is 2.11. The van der Waals surface area contributed by atoms with Crippen molar-refractivity contribution in [3.05, 3.63) is 70.7 Å². The van der Waals surface area contributed by atoms with Crippen LogP contribution in [-0.4, -0.2) is 64.0 Å². The van der Waals surface area contributed by atoms with Crippen LogP contribution in [0.15, 0.2) is 36.7 Å². The van der Waals surface area contributed by atoms with Crippen molar-refractivity contribution in [3.63, 3.8) is 0 Å². The number of likely N-dealkylation sites (N-methyl/N-ethyl adjacent to an activating group) is 1. The average molecular weight is 540 g/mol. The second kappa shape index (κ2) is 11.0. The molecule has 0 bridgehead atoms. The molecule has 208 valence electrons. The molecule has 4 heterocycles. The maximum atomic E-state index is 14.8. The molecule has 5 rings (SSSR count). The molecular weight excluding hydrogens is 503 g/mol. The number of hydrogen-bond donors (Lipinski definition) is 2. The van der Waals surface area contributed by atoms with Crippen LogP contribution in [0, 0.1) is 19.7 Å². The van der Waals surface area contributed by atoms with Crippen LogP contribution < -0.4 is 10.6 Å². The Hall–Kier alpha value is -3.40. The lowest BCUT2D eigenvalue weighted by Gasteiger charge is -2.41. The summed E-state index contributed by atoms with van der Waals surface area (Å²) in [4.78, 5) is 18.5. The fourth-order valence-corrected chi connectivity index (χ4v) is 5.72. The van der Waals surface area contributed by atoms with Gasteiger partial charge in [-0.1, -0.05) is 24.8 Å². The lowest BCUT2D eigenvalue weighted by Crippen LogP contribution is -2.57. The fourth-order valence-electron chi connectivity index (χ4n) is 5.72. The van der Waals surface area contributed by atoms with Crippen molar-refractivity contribution in [2.24, 2.45) is 0 Å². The summed E-state index contributed by atoms with van der Waals surface area (Å²) in [6.45, 7) is 13.7. The van der Waals surface area contributed by atoms with E-state index in [4.69, 9.17) is 4.98 Å². The summed E-state index contributed by atoms with van der Waals surface area (Å²) in [5, 5.41) is 7.53. The largest absolute Gasteiger partial charge is 0.367 e. The maximum Gasteiger partial charge on any atom is 0.266 e. The first-order valence-electron chi connectivity index (χ1n) is 13.5. The van der Waals surface area contributed by atoms with Gasteiger partial charge in [0, 0.05) is 37.4 Å². The van der Waals surface area contributed by atoms with Crippen LogP contribution in [0.5, 0.6) is 0 Å². The van der Waals surface area contributed by atoms with Crippen LogP contribution in [0.25, 0.3) is 11.0 Å². The van der Waals surface area contributed by atoms with Crippen molar-refractivity contribution in [2.45, 2.75) is 58.0 Å². The number of halogens is 3. The van der Waals surface area contributed by atoms with Crippen molar-refractivity contribution >= 4 is 16.9 Å². The first kappa shape index (κ1) is 27.2. The summed E-state index contributed by atoms with van der Waals surface area (Å²) < 4.78 is 41.4. The third kappa shape index (κ3) is 5.66. The molecule has 1 aromatic carbocycles. The lowest BCUT2D eigenvalue weighted by atomic mass is 9.88. The first-order chi connectivity index (χ1) is 18.6. The lowest BCUT2D eigenvalue weighted by molar-refractivity contribution is 0.146. The summed E-state index contributed by atoms with van der Waals surface area (Å²) >= 11 is 0. The van der Waals surface area contributed by atoms with Gasteiger partial charge >= 0.3 is 0 Å². The quantitative estimate of drug-likeness (QED) is 0.395. The van der Waals surface area contributed by atoms with Gasteiger partial charge in [0.25, 0.3) is 6.43 Å². The molecule has 2 fully saturated rings. The summed E-state index contributed by atoms with van der Waals surface area (Å²) in [6, 6.07) is 6.05. The molecule has 39 heavy (non-hydrogen) atoms. The fraction of sp³-hybridized carbons (Fsp3) is 0.483. The Balaban J connectivity index is 1.36. The molecule has 2 aromatic heterocycles. The van der Waals surface area contributed by atoms with E-state index >= 15 is 0 Å². The number of aromatic nitrogens is 3. The number of nitrogens with one attached hydrogen (secondary N) is 2. The van der Waals surface area contributed by atoms with Crippen molar-refractivity contribution in [2.75, 3.05) is 38.5 Å². The minimum atomic E-state index is -2.88. The van der Waals surface area contributed by atoms with E-state index in [1.165, 1.54) is 12.1 Å². The smallest absolute Gasteiger partial charge is 0.266 e. The molecule has 10 heteroatoms. The van der Waals surface area contributed by atoms with Crippen LogP contribution in [0.2, 0.25) is 0 Å². The number of pyridine rings is 1. The highest BCUT2D eigenvalue weighted by Gasteiger charge is 2.28. The van der Waals surface area contributed by atoms with Gasteiger partial charge in [-0.05, 0) is 58.2 Å². The summed E-state index contributed by atoms with van der Waals surface area (Å²) in [5.41, 5.74) is 2.19. The molecular formula is C29H36F3N7. The SMILES string of the molecule is C=C(NC1CN(C)C1)N1CCC(c2cc3c(N[C@H](C)c4cccc(C(F)F)c4F)nc(C)nc3nc2C)CC1. The van der Waals surface area contributed by atoms with Gasteiger partial charge in [0.05, 0.1) is 28.9 Å². The van der Waals surface area contributed by atoms with Crippen molar-refractivity contribution in [3.8, 4) is 0 Å². The second-order valence-corrected chi connectivity index (χ2v) is 10.8. The minimum Gasteiger partial charge on any atom is -0.367 e. The number of nitrogens with zero attached hydrogens (tertiary/aromatic N) is 5. The number of anilines is 1. The van der Waals surface area contributed by atoms with Gasteiger partial charge in [-0.3, -0.25) is 0 Å². The Morgan fingerprint density at radius 3 is 2.44 bits per heavy atom. The standard InChI is InChI=1S/C29H36F3N7/c1-16(22-7-6-8-23(26(22)30)27(31)32)33-28-25-13-24(17(2)34-29(25)36-18(3)35-28)20-9-11-39(12-10-20)19(4)37-21-14-38(5)15-21/h6-8,13,16,20-21,27,37H,4,9-12,14-15H2,1-3,5H3,(H,33,34,35,36)/t16-/m1/s1. The zero-order valence-corrected chi connectivity index (χ0v) is 22.9. The molecule has 0 spiro atoms. The van der Waals surface area contributed by atoms with E-state index < -0.39 is 23.8 Å². The highest BCUT2D eigenvalue weighted by molar-refractivity contribution is 5.87. The normalized spacial score (nSPS) is 17.9. The van der Waals surface area contributed by atoms with E-state index in [0.29, 0.717) is 29.2 Å². The van der Waals surface area contributed by atoms with Gasteiger partial charge < -0.3 is 20.4 Å². The van der Waals surface area contributed by atoms with Crippen LogP contribution >= 0.6 is 0 Å². The molecule has 0 saturated carbocycles. The van der Waals surface area contributed by atoms with Crippen molar-refractivity contribution in [1.29, 1.82) is 0 Å². The Labute approximate surface area is 227 Å². The van der Waals surface area contributed by atoms with Crippen LogP contribution in [0.1, 0.15) is 66.4 Å². The van der Waals surface area contributed by atoms with Crippen molar-refractivity contribution in [1.82, 2.24) is 30.1 Å². The van der Waals surface area contributed by atoms with E-state index in [1.54, 1.807) is 13.8 Å². The van der Waals surface area contributed by atoms with E-state index in [1.807, 2.05) is 6.92 Å². The monoisotopic (exact) mass is 539 g/mol. The first-order valence-corrected chi connectivity index (χ1v) is 13.5. The van der Waals surface area contributed by atoms with E-state index in [0.717, 1.165) is 67.6 Å². The zero-order chi connectivity index (χ0) is 27.8. The van der Waals surface area contributed by atoms with Gasteiger partial charge in [0.1, 0.15) is 17.5 Å². The number of fused-ring (bicyclic) bond motifs is 1. The zero-order valence-electron chi connectivity index (χ0n) is 22.9. The minimum absolute atomic E-state index is 0.160. The van der Waals surface area contributed by atoms with Crippen molar-refractivity contribution < 1.29 is 13.2 Å². The number of benzene rings is 1. The Morgan fingerprint density at radius 2 is 1.77 bits per heavy atom. The molecule has 2 aliphatic rings. The molecule has 2 aliphatic heterocycles. The molecule has 0 aliphatic carbocycles.